The Bertz CT molecular complexity index is 286. The van der Waals surface area contributed by atoms with Crippen molar-refractivity contribution in [2.24, 2.45) is 0 Å². The van der Waals surface area contributed by atoms with Gasteiger partial charge in [-0.1, -0.05) is 19.2 Å². The lowest BCUT2D eigenvalue weighted by atomic mass is 10.2. The molecule has 1 rings (SSSR count). The Morgan fingerprint density at radius 2 is 2.17 bits per heavy atom. The molecule has 1 N–H and O–H groups in total. The number of aliphatic hydroxyl groups excluding tert-OH is 1. The monoisotopic (exact) mass is 163 g/mol. The fourth-order valence-corrected chi connectivity index (χ4v) is 1.21. The van der Waals surface area contributed by atoms with Crippen LogP contribution in [0.4, 0.5) is 0 Å². The van der Waals surface area contributed by atoms with Gasteiger partial charge in [0.25, 0.3) is 0 Å². The summed E-state index contributed by atoms with van der Waals surface area (Å²) in [6.45, 7) is 8.15. The second-order valence-electron chi connectivity index (χ2n) is 2.48. The molecule has 0 aliphatic carbocycles. The number of aromatic nitrogens is 1. The molecule has 12 heavy (non-hydrogen) atoms. The van der Waals surface area contributed by atoms with E-state index in [9.17, 15) is 0 Å². The standard InChI is InChI=1S/C10H13NO/c1-3-9-5-6-11(7-8-12)10(9)4-2/h3-6,12H,1-2,7-8H2. The first-order valence-electron chi connectivity index (χ1n) is 3.88. The first-order valence-corrected chi connectivity index (χ1v) is 3.88. The van der Waals surface area contributed by atoms with Gasteiger partial charge in [0.2, 0.25) is 0 Å². The minimum Gasteiger partial charge on any atom is -0.395 e. The third kappa shape index (κ3) is 1.48. The third-order valence-electron chi connectivity index (χ3n) is 1.79. The number of aliphatic hydroxyl groups is 1. The van der Waals surface area contributed by atoms with Gasteiger partial charge in [-0.2, -0.15) is 0 Å². The third-order valence-corrected chi connectivity index (χ3v) is 1.79. The van der Waals surface area contributed by atoms with Crippen LogP contribution in [0.1, 0.15) is 11.3 Å². The highest BCUT2D eigenvalue weighted by atomic mass is 16.3. The van der Waals surface area contributed by atoms with Crippen LogP contribution < -0.4 is 0 Å². The molecule has 0 unspecified atom stereocenters. The van der Waals surface area contributed by atoms with Crippen LogP contribution in [0, 0.1) is 0 Å². The second-order valence-corrected chi connectivity index (χ2v) is 2.48. The molecule has 0 bridgehead atoms. The van der Waals surface area contributed by atoms with Crippen LogP contribution in [0.25, 0.3) is 12.2 Å². The summed E-state index contributed by atoms with van der Waals surface area (Å²) in [5.41, 5.74) is 2.07. The molecule has 0 aliphatic heterocycles. The zero-order valence-corrected chi connectivity index (χ0v) is 7.03. The average molecular weight is 163 g/mol. The van der Waals surface area contributed by atoms with E-state index >= 15 is 0 Å². The number of hydrogen-bond acceptors (Lipinski definition) is 1. The van der Waals surface area contributed by atoms with E-state index in [0.29, 0.717) is 6.54 Å². The molecule has 2 heteroatoms. The second kappa shape index (κ2) is 3.93. The van der Waals surface area contributed by atoms with Crippen LogP contribution >= 0.6 is 0 Å². The van der Waals surface area contributed by atoms with Crippen molar-refractivity contribution in [3.63, 3.8) is 0 Å². The number of nitrogens with zero attached hydrogens (tertiary/aromatic N) is 1. The van der Waals surface area contributed by atoms with Crippen molar-refractivity contribution in [3.05, 3.63) is 36.7 Å². The van der Waals surface area contributed by atoms with Gasteiger partial charge in [0.1, 0.15) is 0 Å². The van der Waals surface area contributed by atoms with Gasteiger partial charge in [-0.15, -0.1) is 0 Å². The van der Waals surface area contributed by atoms with E-state index in [1.807, 2.05) is 16.8 Å². The minimum atomic E-state index is 0.145. The van der Waals surface area contributed by atoms with E-state index in [1.54, 1.807) is 12.2 Å². The summed E-state index contributed by atoms with van der Waals surface area (Å²) in [6.07, 6.45) is 5.47. The van der Waals surface area contributed by atoms with Crippen LogP contribution in [-0.2, 0) is 6.54 Å². The van der Waals surface area contributed by atoms with Gasteiger partial charge in [0.15, 0.2) is 0 Å². The Balaban J connectivity index is 3.04. The Morgan fingerprint density at radius 1 is 1.42 bits per heavy atom. The van der Waals surface area contributed by atoms with Crippen LogP contribution in [-0.4, -0.2) is 16.3 Å². The van der Waals surface area contributed by atoms with Crippen molar-refractivity contribution < 1.29 is 5.11 Å². The Morgan fingerprint density at radius 3 is 2.67 bits per heavy atom. The van der Waals surface area contributed by atoms with Gasteiger partial charge in [-0.05, 0) is 17.7 Å². The quantitative estimate of drug-likeness (QED) is 0.719. The van der Waals surface area contributed by atoms with Gasteiger partial charge in [0, 0.05) is 18.4 Å². The normalized spacial score (nSPS) is 9.75. The maximum atomic E-state index is 8.74. The molecule has 0 atom stereocenters. The molecule has 0 radical (unpaired) electrons. The first-order chi connectivity index (χ1) is 5.83. The van der Waals surface area contributed by atoms with E-state index in [-0.39, 0.29) is 6.61 Å². The first kappa shape index (κ1) is 8.81. The molecule has 0 spiro atoms. The van der Waals surface area contributed by atoms with Crippen LogP contribution in [0.15, 0.2) is 25.4 Å². The molecular weight excluding hydrogens is 150 g/mol. The molecule has 2 nitrogen and oxygen atoms in total. The summed E-state index contributed by atoms with van der Waals surface area (Å²) < 4.78 is 1.95. The minimum absolute atomic E-state index is 0.145. The summed E-state index contributed by atoms with van der Waals surface area (Å²) >= 11 is 0. The highest BCUT2D eigenvalue weighted by Gasteiger charge is 2.01. The fraction of sp³-hybridized carbons (Fsp3) is 0.200. The van der Waals surface area contributed by atoms with E-state index in [0.717, 1.165) is 11.3 Å². The van der Waals surface area contributed by atoms with Crippen molar-refractivity contribution in [3.8, 4) is 0 Å². The number of hydrogen-bond donors (Lipinski definition) is 1. The van der Waals surface area contributed by atoms with E-state index in [4.69, 9.17) is 5.11 Å². The fourth-order valence-electron chi connectivity index (χ4n) is 1.21. The van der Waals surface area contributed by atoms with Crippen molar-refractivity contribution in [2.75, 3.05) is 6.61 Å². The van der Waals surface area contributed by atoms with Crippen molar-refractivity contribution >= 4 is 12.2 Å². The van der Waals surface area contributed by atoms with E-state index in [1.165, 1.54) is 0 Å². The Labute approximate surface area is 72.5 Å². The summed E-state index contributed by atoms with van der Waals surface area (Å²) in [5.74, 6) is 0. The summed E-state index contributed by atoms with van der Waals surface area (Å²) in [5, 5.41) is 8.74. The SMILES string of the molecule is C=Cc1ccn(CCO)c1C=C. The molecule has 0 aliphatic rings. The lowest BCUT2D eigenvalue weighted by Crippen LogP contribution is -2.02. The van der Waals surface area contributed by atoms with Crippen LogP contribution in [0.5, 0.6) is 0 Å². The molecule has 0 amide bonds. The smallest absolute Gasteiger partial charge is 0.0610 e. The lowest BCUT2D eigenvalue weighted by molar-refractivity contribution is 0.276. The summed E-state index contributed by atoms with van der Waals surface area (Å²) in [4.78, 5) is 0. The molecule has 0 saturated carbocycles. The Kier molecular flexibility index (Phi) is 2.88. The Hall–Kier alpha value is -1.28. The molecular formula is C10H13NO. The number of rotatable bonds is 4. The molecule has 0 aromatic carbocycles. The van der Waals surface area contributed by atoms with Gasteiger partial charge < -0.3 is 9.67 Å². The molecule has 1 aromatic heterocycles. The molecule has 0 saturated heterocycles. The van der Waals surface area contributed by atoms with Crippen molar-refractivity contribution in [2.45, 2.75) is 6.54 Å². The van der Waals surface area contributed by atoms with Crippen LogP contribution in [0.2, 0.25) is 0 Å². The van der Waals surface area contributed by atoms with Gasteiger partial charge in [-0.25, -0.2) is 0 Å². The summed E-state index contributed by atoms with van der Waals surface area (Å²) in [7, 11) is 0. The largest absolute Gasteiger partial charge is 0.395 e. The predicted octanol–water partition coefficient (Wildman–Crippen LogP) is 1.77. The lowest BCUT2D eigenvalue weighted by Gasteiger charge is -2.03. The zero-order valence-electron chi connectivity index (χ0n) is 7.03. The topological polar surface area (TPSA) is 25.2 Å². The molecule has 1 aromatic rings. The molecule has 0 fully saturated rings. The maximum Gasteiger partial charge on any atom is 0.0610 e. The van der Waals surface area contributed by atoms with Gasteiger partial charge in [0.05, 0.1) is 6.61 Å². The highest BCUT2D eigenvalue weighted by Crippen LogP contribution is 2.13. The summed E-state index contributed by atoms with van der Waals surface area (Å²) in [6, 6.07) is 1.96. The highest BCUT2D eigenvalue weighted by molar-refractivity contribution is 5.61. The van der Waals surface area contributed by atoms with Crippen molar-refractivity contribution in [1.82, 2.24) is 4.57 Å². The maximum absolute atomic E-state index is 8.74. The average Bonchev–Trinajstić information content (AvgIpc) is 2.47. The predicted molar refractivity (Wildman–Crippen MR) is 51.7 cm³/mol. The molecule has 1 heterocycles. The van der Waals surface area contributed by atoms with Crippen molar-refractivity contribution in [1.29, 1.82) is 0 Å². The van der Waals surface area contributed by atoms with E-state index < -0.39 is 0 Å². The van der Waals surface area contributed by atoms with Crippen LogP contribution in [0.3, 0.4) is 0 Å². The van der Waals surface area contributed by atoms with E-state index in [2.05, 4.69) is 13.2 Å². The zero-order chi connectivity index (χ0) is 8.97. The molecule has 64 valence electrons. The van der Waals surface area contributed by atoms with Gasteiger partial charge in [-0.3, -0.25) is 0 Å². The van der Waals surface area contributed by atoms with Gasteiger partial charge >= 0.3 is 0 Å².